The van der Waals surface area contributed by atoms with Crippen LogP contribution in [-0.2, 0) is 4.79 Å². The molecule has 160 valence electrons. The maximum absolute atomic E-state index is 13.2. The number of halogens is 2. The van der Waals surface area contributed by atoms with Crippen molar-refractivity contribution < 1.29 is 9.59 Å². The average Bonchev–Trinajstić information content (AvgIpc) is 2.76. The Hall–Kier alpha value is -1.96. The Morgan fingerprint density at radius 3 is 2.57 bits per heavy atom. The van der Waals surface area contributed by atoms with Gasteiger partial charge in [0.2, 0.25) is 5.91 Å². The van der Waals surface area contributed by atoms with Crippen molar-refractivity contribution in [2.75, 3.05) is 43.1 Å². The minimum atomic E-state index is -0.599. The van der Waals surface area contributed by atoms with Crippen LogP contribution in [0, 0.1) is 0 Å². The van der Waals surface area contributed by atoms with E-state index in [-0.39, 0.29) is 16.8 Å². The first-order valence-corrected chi connectivity index (χ1v) is 11.8. The molecule has 2 amide bonds. The number of amides is 2. The molecule has 0 spiro atoms. The molecule has 0 aliphatic carbocycles. The highest BCUT2D eigenvalue weighted by Gasteiger charge is 2.29. The number of nitrogens with zero attached hydrogens (tertiary/aromatic N) is 3. The number of aromatic nitrogens is 1. The van der Waals surface area contributed by atoms with Gasteiger partial charge in [-0.1, -0.05) is 29.3 Å². The number of rotatable bonds is 7. The van der Waals surface area contributed by atoms with Gasteiger partial charge in [-0.05, 0) is 48.8 Å². The number of thioether (sulfide) groups is 1. The number of carbonyl (C=O) groups is 2. The molecular formula is C21H24Cl2N4O2S. The molecule has 3 rings (SSSR count). The third kappa shape index (κ3) is 5.80. The van der Waals surface area contributed by atoms with Crippen molar-refractivity contribution in [3.63, 3.8) is 0 Å². The molecule has 1 atom stereocenters. The van der Waals surface area contributed by atoms with E-state index < -0.39 is 6.04 Å². The number of hydrogen-bond acceptors (Lipinski definition) is 5. The fourth-order valence-corrected chi connectivity index (χ4v) is 4.29. The van der Waals surface area contributed by atoms with Crippen LogP contribution in [0.15, 0.2) is 42.6 Å². The Morgan fingerprint density at radius 2 is 1.93 bits per heavy atom. The highest BCUT2D eigenvalue weighted by Crippen LogP contribution is 2.21. The lowest BCUT2D eigenvalue weighted by Crippen LogP contribution is -2.55. The number of pyridine rings is 1. The first-order valence-electron chi connectivity index (χ1n) is 9.69. The van der Waals surface area contributed by atoms with Gasteiger partial charge in [-0.15, -0.1) is 0 Å². The van der Waals surface area contributed by atoms with Gasteiger partial charge in [0, 0.05) is 37.4 Å². The summed E-state index contributed by atoms with van der Waals surface area (Å²) in [6.45, 7) is 2.58. The summed E-state index contributed by atoms with van der Waals surface area (Å²) >= 11 is 13.7. The summed E-state index contributed by atoms with van der Waals surface area (Å²) in [4.78, 5) is 34.3. The van der Waals surface area contributed by atoms with Crippen molar-refractivity contribution in [3.05, 3.63) is 58.2 Å². The summed E-state index contributed by atoms with van der Waals surface area (Å²) < 4.78 is 0. The molecule has 0 unspecified atom stereocenters. The average molecular weight is 467 g/mol. The largest absolute Gasteiger partial charge is 0.353 e. The van der Waals surface area contributed by atoms with Crippen LogP contribution < -0.4 is 10.2 Å². The molecule has 0 bridgehead atoms. The van der Waals surface area contributed by atoms with Crippen molar-refractivity contribution in [1.82, 2.24) is 15.2 Å². The molecule has 6 nitrogen and oxygen atoms in total. The van der Waals surface area contributed by atoms with E-state index in [4.69, 9.17) is 23.2 Å². The lowest BCUT2D eigenvalue weighted by molar-refractivity contribution is -0.133. The highest BCUT2D eigenvalue weighted by atomic mass is 35.5. The van der Waals surface area contributed by atoms with E-state index in [1.165, 1.54) is 6.07 Å². The molecule has 1 N–H and O–H groups in total. The lowest BCUT2D eigenvalue weighted by atomic mass is 10.1. The number of carbonyl (C=O) groups excluding carboxylic acids is 2. The van der Waals surface area contributed by atoms with Gasteiger partial charge < -0.3 is 15.1 Å². The van der Waals surface area contributed by atoms with Crippen molar-refractivity contribution in [2.45, 2.75) is 12.5 Å². The quantitative estimate of drug-likeness (QED) is 0.675. The van der Waals surface area contributed by atoms with E-state index in [1.54, 1.807) is 30.1 Å². The third-order valence-corrected chi connectivity index (χ3v) is 6.15. The summed E-state index contributed by atoms with van der Waals surface area (Å²) in [5.74, 6) is 1.24. The fourth-order valence-electron chi connectivity index (χ4n) is 3.32. The Balaban J connectivity index is 1.64. The number of nitrogens with one attached hydrogen (secondary N) is 1. The standard InChI is InChI=1S/C21H24Cl2N4O2S/c1-30-13-7-18(25-20(28)16-6-5-15(22)14-17(16)23)21(29)27-11-9-26(10-12-27)19-4-2-3-8-24-19/h2-6,8,14,18H,7,9-13H2,1H3,(H,25,28)/t18-/m0/s1. The van der Waals surface area contributed by atoms with Gasteiger partial charge in [-0.2, -0.15) is 11.8 Å². The summed E-state index contributed by atoms with van der Waals surface area (Å²) in [6.07, 6.45) is 4.30. The maximum Gasteiger partial charge on any atom is 0.253 e. The monoisotopic (exact) mass is 466 g/mol. The fraction of sp³-hybridized carbons (Fsp3) is 0.381. The summed E-state index contributed by atoms with van der Waals surface area (Å²) in [7, 11) is 0. The summed E-state index contributed by atoms with van der Waals surface area (Å²) in [5, 5.41) is 3.59. The van der Waals surface area contributed by atoms with Gasteiger partial charge in [0.25, 0.3) is 5.91 Å². The zero-order chi connectivity index (χ0) is 21.5. The van der Waals surface area contributed by atoms with E-state index in [0.29, 0.717) is 43.2 Å². The van der Waals surface area contributed by atoms with Gasteiger partial charge in [0.05, 0.1) is 10.6 Å². The van der Waals surface area contributed by atoms with E-state index in [1.807, 2.05) is 29.4 Å². The van der Waals surface area contributed by atoms with Gasteiger partial charge >= 0.3 is 0 Å². The Bertz CT molecular complexity index is 877. The highest BCUT2D eigenvalue weighted by molar-refractivity contribution is 7.98. The molecule has 1 fully saturated rings. The van der Waals surface area contributed by atoms with E-state index in [0.717, 1.165) is 11.6 Å². The van der Waals surface area contributed by atoms with Gasteiger partial charge in [-0.3, -0.25) is 9.59 Å². The van der Waals surface area contributed by atoms with E-state index in [9.17, 15) is 9.59 Å². The molecule has 1 aliphatic heterocycles. The van der Waals surface area contributed by atoms with Crippen LogP contribution in [0.25, 0.3) is 0 Å². The first-order chi connectivity index (χ1) is 14.5. The van der Waals surface area contributed by atoms with E-state index in [2.05, 4.69) is 15.2 Å². The molecule has 1 saturated heterocycles. The van der Waals surface area contributed by atoms with Crippen LogP contribution in [0.2, 0.25) is 10.0 Å². The summed E-state index contributed by atoms with van der Waals surface area (Å²) in [6, 6.07) is 9.91. The number of anilines is 1. The molecule has 0 radical (unpaired) electrons. The van der Waals surface area contributed by atoms with Gasteiger partial charge in [-0.25, -0.2) is 4.98 Å². The second kappa shape index (κ2) is 10.9. The van der Waals surface area contributed by atoms with Crippen LogP contribution in [-0.4, -0.2) is 65.9 Å². The number of hydrogen-bond donors (Lipinski definition) is 1. The third-order valence-electron chi connectivity index (χ3n) is 4.95. The van der Waals surface area contributed by atoms with Crippen molar-refractivity contribution in [3.8, 4) is 0 Å². The minimum absolute atomic E-state index is 0.0665. The molecule has 2 aromatic rings. The van der Waals surface area contributed by atoms with Crippen molar-refractivity contribution in [2.24, 2.45) is 0 Å². The van der Waals surface area contributed by atoms with E-state index >= 15 is 0 Å². The molecule has 9 heteroatoms. The van der Waals surface area contributed by atoms with Gasteiger partial charge in [0.15, 0.2) is 0 Å². The molecule has 1 aliphatic rings. The van der Waals surface area contributed by atoms with Crippen molar-refractivity contribution in [1.29, 1.82) is 0 Å². The topological polar surface area (TPSA) is 65.5 Å². The Kier molecular flexibility index (Phi) is 8.24. The van der Waals surface area contributed by atoms with Crippen molar-refractivity contribution >= 4 is 52.6 Å². The maximum atomic E-state index is 13.2. The molecule has 1 aromatic carbocycles. The zero-order valence-corrected chi connectivity index (χ0v) is 19.0. The molecule has 2 heterocycles. The minimum Gasteiger partial charge on any atom is -0.353 e. The second-order valence-electron chi connectivity index (χ2n) is 6.93. The first kappa shape index (κ1) is 22.7. The number of benzene rings is 1. The van der Waals surface area contributed by atoms with Crippen LogP contribution in [0.5, 0.6) is 0 Å². The zero-order valence-electron chi connectivity index (χ0n) is 16.7. The Morgan fingerprint density at radius 1 is 1.17 bits per heavy atom. The molecule has 30 heavy (non-hydrogen) atoms. The lowest BCUT2D eigenvalue weighted by Gasteiger charge is -2.37. The predicted molar refractivity (Wildman–Crippen MR) is 124 cm³/mol. The van der Waals surface area contributed by atoms with Crippen LogP contribution in [0.1, 0.15) is 16.8 Å². The van der Waals surface area contributed by atoms with Crippen LogP contribution in [0.4, 0.5) is 5.82 Å². The number of piperazine rings is 1. The normalized spacial score (nSPS) is 15.0. The SMILES string of the molecule is CSCC[C@H](NC(=O)c1ccc(Cl)cc1Cl)C(=O)N1CCN(c2ccccn2)CC1. The van der Waals surface area contributed by atoms with Crippen LogP contribution in [0.3, 0.4) is 0 Å². The summed E-state index contributed by atoms with van der Waals surface area (Å²) in [5.41, 5.74) is 0.308. The Labute approximate surface area is 190 Å². The van der Waals surface area contributed by atoms with Crippen LogP contribution >= 0.6 is 35.0 Å². The smallest absolute Gasteiger partial charge is 0.253 e. The van der Waals surface area contributed by atoms with Gasteiger partial charge in [0.1, 0.15) is 11.9 Å². The molecule has 0 saturated carbocycles. The molecular weight excluding hydrogens is 443 g/mol. The molecule has 1 aromatic heterocycles. The predicted octanol–water partition coefficient (Wildman–Crippen LogP) is 3.59. The second-order valence-corrected chi connectivity index (χ2v) is 8.76.